The first-order valence-corrected chi connectivity index (χ1v) is 11.1. The second-order valence-corrected chi connectivity index (χ2v) is 9.37. The summed E-state index contributed by atoms with van der Waals surface area (Å²) in [5, 5.41) is 9.95. The summed E-state index contributed by atoms with van der Waals surface area (Å²) in [6.45, 7) is 4.95. The zero-order valence-corrected chi connectivity index (χ0v) is 17.7. The van der Waals surface area contributed by atoms with Gasteiger partial charge in [0.25, 0.3) is 5.19 Å². The van der Waals surface area contributed by atoms with Crippen LogP contribution < -0.4 is 9.47 Å². The molecular weight excluding hydrogens is 392 g/mol. The van der Waals surface area contributed by atoms with Crippen molar-refractivity contribution >= 4 is 27.5 Å². The Labute approximate surface area is 174 Å². The van der Waals surface area contributed by atoms with Crippen molar-refractivity contribution in [1.29, 1.82) is 0 Å². The summed E-state index contributed by atoms with van der Waals surface area (Å²) in [6, 6.07) is 3.74. The lowest BCUT2D eigenvalue weighted by Gasteiger charge is -2.35. The molecule has 0 aliphatic heterocycles. The molecule has 2 aliphatic carbocycles. The van der Waals surface area contributed by atoms with Crippen LogP contribution in [0, 0.1) is 11.8 Å². The number of Topliss-reactive ketones (excluding diaryl/α,β-unsaturated/α-hetero) is 1. The van der Waals surface area contributed by atoms with Crippen LogP contribution in [0.4, 0.5) is 0 Å². The number of pyridine rings is 1. The molecule has 0 radical (unpaired) electrons. The molecule has 158 valence electrons. The molecule has 0 amide bonds. The van der Waals surface area contributed by atoms with Gasteiger partial charge < -0.3 is 24.1 Å². The van der Waals surface area contributed by atoms with Gasteiger partial charge in [0, 0.05) is 31.9 Å². The Bertz CT molecular complexity index is 845. The van der Waals surface area contributed by atoms with E-state index in [2.05, 4.69) is 9.97 Å². The van der Waals surface area contributed by atoms with Crippen LogP contribution in [0.25, 0.3) is 10.3 Å². The van der Waals surface area contributed by atoms with E-state index in [4.69, 9.17) is 14.2 Å². The first kappa shape index (κ1) is 20.5. The van der Waals surface area contributed by atoms with Crippen LogP contribution in [0.5, 0.6) is 11.1 Å². The number of aliphatic hydroxyl groups is 1. The minimum Gasteiger partial charge on any atom is -0.477 e. The van der Waals surface area contributed by atoms with E-state index in [1.807, 2.05) is 19.1 Å². The van der Waals surface area contributed by atoms with Crippen LogP contribution in [-0.4, -0.2) is 52.4 Å². The van der Waals surface area contributed by atoms with Crippen LogP contribution in [0.3, 0.4) is 0 Å². The molecule has 2 aromatic heterocycles. The summed E-state index contributed by atoms with van der Waals surface area (Å²) < 4.78 is 17.5. The third kappa shape index (κ3) is 5.43. The number of hydrogen-bond donors (Lipinski definition) is 1. The van der Waals surface area contributed by atoms with Crippen molar-refractivity contribution < 1.29 is 24.1 Å². The van der Waals surface area contributed by atoms with Gasteiger partial charge in [-0.1, -0.05) is 18.3 Å². The number of carbonyl (C=O) groups is 1. The molecule has 2 aromatic rings. The lowest BCUT2D eigenvalue weighted by Crippen LogP contribution is -2.37. The lowest BCUT2D eigenvalue weighted by molar-refractivity contribution is -0.119. The first-order chi connectivity index (χ1) is 13.9. The van der Waals surface area contributed by atoms with E-state index in [0.717, 1.165) is 23.2 Å². The number of ether oxygens (including phenoxy) is 3. The Morgan fingerprint density at radius 3 is 2.76 bits per heavy atom. The van der Waals surface area contributed by atoms with Gasteiger partial charge in [-0.05, 0) is 37.7 Å². The van der Waals surface area contributed by atoms with Gasteiger partial charge in [0.05, 0.1) is 18.8 Å². The first-order valence-electron chi connectivity index (χ1n) is 10.3. The highest BCUT2D eigenvalue weighted by Crippen LogP contribution is 2.33. The number of aromatic nitrogens is 2. The number of fused-ring (bicyclic) bond motifs is 1. The molecule has 1 atom stereocenters. The van der Waals surface area contributed by atoms with Crippen LogP contribution in [-0.2, 0) is 9.53 Å². The van der Waals surface area contributed by atoms with E-state index in [1.165, 1.54) is 11.3 Å². The summed E-state index contributed by atoms with van der Waals surface area (Å²) in [7, 11) is 0. The summed E-state index contributed by atoms with van der Waals surface area (Å²) in [5.41, 5.74) is 0.800. The molecule has 8 heteroatoms. The largest absolute Gasteiger partial charge is 0.477 e. The highest BCUT2D eigenvalue weighted by Gasteiger charge is 2.31. The van der Waals surface area contributed by atoms with Gasteiger partial charge in [0.1, 0.15) is 17.4 Å². The van der Waals surface area contributed by atoms with Gasteiger partial charge in [-0.15, -0.1) is 0 Å². The third-order valence-electron chi connectivity index (χ3n) is 5.46. The number of aliphatic hydroxyl groups excluding tert-OH is 1. The molecule has 2 aliphatic rings. The Morgan fingerprint density at radius 2 is 2.03 bits per heavy atom. The van der Waals surface area contributed by atoms with Crippen molar-refractivity contribution in [1.82, 2.24) is 9.97 Å². The zero-order valence-electron chi connectivity index (χ0n) is 16.9. The number of ketones is 1. The maximum Gasteiger partial charge on any atom is 0.276 e. The summed E-state index contributed by atoms with van der Waals surface area (Å²) in [6.07, 6.45) is 3.98. The molecule has 2 heterocycles. The molecule has 2 saturated carbocycles. The van der Waals surface area contributed by atoms with E-state index >= 15 is 0 Å². The summed E-state index contributed by atoms with van der Waals surface area (Å²) in [4.78, 5) is 20.9. The second-order valence-electron chi connectivity index (χ2n) is 8.43. The van der Waals surface area contributed by atoms with Crippen molar-refractivity contribution in [3.8, 4) is 11.1 Å². The Balaban J connectivity index is 1.19. The fraction of sp³-hybridized carbons (Fsp3) is 0.667. The smallest absolute Gasteiger partial charge is 0.276 e. The standard InChI is InChI=1S/C21H28N2O5S/c1-12(5-13(2)24)10-26-16-6-14(7-16)11-27-19-4-3-18-20(23-19)29-21(22-18)28-17-8-15(25)9-17/h3-4,12,14-17,25H,5-11H2,1-2H3/t12-,14?,15?,16?,17?/m1/s1. The molecule has 2 fully saturated rings. The normalized spacial score (nSPS) is 27.1. The van der Waals surface area contributed by atoms with E-state index in [1.54, 1.807) is 6.92 Å². The third-order valence-corrected chi connectivity index (χ3v) is 6.32. The van der Waals surface area contributed by atoms with Gasteiger partial charge in [-0.2, -0.15) is 0 Å². The van der Waals surface area contributed by atoms with E-state index < -0.39 is 0 Å². The summed E-state index contributed by atoms with van der Waals surface area (Å²) in [5.74, 6) is 1.57. The van der Waals surface area contributed by atoms with Crippen molar-refractivity contribution in [3.05, 3.63) is 12.1 Å². The fourth-order valence-electron chi connectivity index (χ4n) is 3.69. The van der Waals surface area contributed by atoms with Gasteiger partial charge >= 0.3 is 0 Å². The Kier molecular flexibility index (Phi) is 6.32. The topological polar surface area (TPSA) is 90.8 Å². The van der Waals surface area contributed by atoms with Crippen molar-refractivity contribution in [2.75, 3.05) is 13.2 Å². The highest BCUT2D eigenvalue weighted by atomic mass is 32.1. The van der Waals surface area contributed by atoms with Crippen LogP contribution >= 0.6 is 11.3 Å². The van der Waals surface area contributed by atoms with Gasteiger partial charge in [0.2, 0.25) is 5.88 Å². The predicted octanol–water partition coefficient (Wildman–Crippen LogP) is 3.38. The van der Waals surface area contributed by atoms with Crippen LogP contribution in [0.15, 0.2) is 12.1 Å². The molecule has 1 N–H and O–H groups in total. The van der Waals surface area contributed by atoms with Gasteiger partial charge in [0.15, 0.2) is 4.83 Å². The second kappa shape index (κ2) is 8.93. The lowest BCUT2D eigenvalue weighted by atomic mass is 9.83. The molecule has 0 aromatic carbocycles. The maximum absolute atomic E-state index is 11.1. The number of rotatable bonds is 10. The molecule has 0 spiro atoms. The van der Waals surface area contributed by atoms with Gasteiger partial charge in [-0.25, -0.2) is 9.97 Å². The van der Waals surface area contributed by atoms with E-state index in [-0.39, 0.29) is 30.0 Å². The zero-order chi connectivity index (χ0) is 20.4. The monoisotopic (exact) mass is 420 g/mol. The SMILES string of the molecule is CC(=O)C[C@@H](C)COC1CC(COc2ccc3nc(OC4CC(O)C4)sc3n2)C1. The quantitative estimate of drug-likeness (QED) is 0.630. The van der Waals surface area contributed by atoms with Gasteiger partial charge in [-0.3, -0.25) is 0 Å². The molecule has 7 nitrogen and oxygen atoms in total. The van der Waals surface area contributed by atoms with Crippen LogP contribution in [0.2, 0.25) is 0 Å². The maximum atomic E-state index is 11.1. The fourth-order valence-corrected chi connectivity index (χ4v) is 4.54. The number of hydrogen-bond acceptors (Lipinski definition) is 8. The van der Waals surface area contributed by atoms with Crippen molar-refractivity contribution in [2.24, 2.45) is 11.8 Å². The van der Waals surface area contributed by atoms with Crippen molar-refractivity contribution in [3.63, 3.8) is 0 Å². The molecule has 0 bridgehead atoms. The minimum atomic E-state index is -0.243. The Morgan fingerprint density at radius 1 is 1.24 bits per heavy atom. The average Bonchev–Trinajstić information content (AvgIpc) is 2.99. The number of carbonyl (C=O) groups excluding carboxylic acids is 1. The molecule has 29 heavy (non-hydrogen) atoms. The highest BCUT2D eigenvalue weighted by molar-refractivity contribution is 7.19. The predicted molar refractivity (Wildman–Crippen MR) is 109 cm³/mol. The molecular formula is C21H28N2O5S. The minimum absolute atomic E-state index is 0.0560. The summed E-state index contributed by atoms with van der Waals surface area (Å²) >= 11 is 1.41. The van der Waals surface area contributed by atoms with E-state index in [0.29, 0.717) is 49.5 Å². The van der Waals surface area contributed by atoms with Crippen molar-refractivity contribution in [2.45, 2.75) is 64.3 Å². The molecule has 4 rings (SSSR count). The number of thiazole rings is 1. The molecule has 0 unspecified atom stereocenters. The number of nitrogens with zero attached hydrogens (tertiary/aromatic N) is 2. The Hall–Kier alpha value is -1.77. The van der Waals surface area contributed by atoms with E-state index in [9.17, 15) is 9.90 Å². The average molecular weight is 421 g/mol. The molecule has 0 saturated heterocycles. The van der Waals surface area contributed by atoms with Crippen LogP contribution in [0.1, 0.15) is 46.0 Å².